The molecule has 4 N–H and O–H groups in total. The van der Waals surface area contributed by atoms with Gasteiger partial charge in [0.15, 0.2) is 5.69 Å². The van der Waals surface area contributed by atoms with Crippen molar-refractivity contribution in [1.29, 1.82) is 0 Å². The summed E-state index contributed by atoms with van der Waals surface area (Å²) in [6, 6.07) is 8.83. The minimum absolute atomic E-state index is 0.0502. The maximum absolute atomic E-state index is 14.2. The van der Waals surface area contributed by atoms with Crippen LogP contribution in [-0.4, -0.2) is 37.7 Å². The monoisotopic (exact) mass is 565 g/mol. The highest BCUT2D eigenvalue weighted by atomic mass is 19.1. The summed E-state index contributed by atoms with van der Waals surface area (Å²) in [7, 11) is 0. The third kappa shape index (κ3) is 5.79. The van der Waals surface area contributed by atoms with Crippen molar-refractivity contribution in [3.05, 3.63) is 106 Å². The molecule has 10 nitrogen and oxygen atoms in total. The Bertz CT molecular complexity index is 1670. The zero-order valence-electron chi connectivity index (χ0n) is 21.2. The summed E-state index contributed by atoms with van der Waals surface area (Å²) in [6.45, 7) is -0.317. The molecule has 210 valence electrons. The average Bonchev–Trinajstić information content (AvgIpc) is 3.48. The van der Waals surface area contributed by atoms with Gasteiger partial charge in [0.2, 0.25) is 5.91 Å². The van der Waals surface area contributed by atoms with E-state index in [1.807, 2.05) is 0 Å². The van der Waals surface area contributed by atoms with Crippen molar-refractivity contribution in [3.63, 3.8) is 0 Å². The second-order valence-corrected chi connectivity index (χ2v) is 9.33. The molecule has 0 fully saturated rings. The number of carboxylic acids is 1. The van der Waals surface area contributed by atoms with Gasteiger partial charge in [0, 0.05) is 23.4 Å². The molecule has 0 bridgehead atoms. The van der Waals surface area contributed by atoms with E-state index in [0.29, 0.717) is 28.5 Å². The third-order valence-corrected chi connectivity index (χ3v) is 6.52. The molecule has 0 radical (unpaired) electrons. The molecule has 1 unspecified atom stereocenters. The molecule has 41 heavy (non-hydrogen) atoms. The molecule has 0 spiro atoms. The fourth-order valence-electron chi connectivity index (χ4n) is 4.80. The summed E-state index contributed by atoms with van der Waals surface area (Å²) < 4.78 is 48.5. The molecule has 2 aromatic heterocycles. The smallest absolute Gasteiger partial charge is 0.354 e. The molecule has 2 aromatic carbocycles. The van der Waals surface area contributed by atoms with Crippen LogP contribution >= 0.6 is 0 Å². The van der Waals surface area contributed by atoms with Crippen LogP contribution in [0.2, 0.25) is 0 Å². The lowest BCUT2D eigenvalue weighted by Gasteiger charge is -2.22. The molecular formula is C28H22F3N5O5. The van der Waals surface area contributed by atoms with E-state index in [4.69, 9.17) is 10.5 Å². The average molecular weight is 566 g/mol. The summed E-state index contributed by atoms with van der Waals surface area (Å²) in [5.74, 6) is -5.40. The number of halogens is 3. The molecule has 5 rings (SSSR count). The van der Waals surface area contributed by atoms with E-state index >= 15 is 0 Å². The second-order valence-electron chi connectivity index (χ2n) is 9.33. The number of ether oxygens (including phenoxy) is 1. The van der Waals surface area contributed by atoms with Crippen molar-refractivity contribution in [2.45, 2.75) is 32.2 Å². The molecule has 1 atom stereocenters. The van der Waals surface area contributed by atoms with E-state index in [2.05, 4.69) is 15.4 Å². The van der Waals surface area contributed by atoms with Crippen molar-refractivity contribution >= 4 is 17.8 Å². The van der Waals surface area contributed by atoms with Gasteiger partial charge in [0.1, 0.15) is 24.0 Å². The van der Waals surface area contributed by atoms with Crippen molar-refractivity contribution in [2.75, 3.05) is 0 Å². The number of aromatic carboxylic acids is 1. The van der Waals surface area contributed by atoms with Gasteiger partial charge in [-0.25, -0.2) is 22.6 Å². The Hall–Kier alpha value is -5.04. The van der Waals surface area contributed by atoms with E-state index < -0.39 is 47.8 Å². The van der Waals surface area contributed by atoms with Crippen molar-refractivity contribution in [3.8, 4) is 11.1 Å². The molecule has 2 amide bonds. The highest BCUT2D eigenvalue weighted by Gasteiger charge is 2.29. The van der Waals surface area contributed by atoms with Crippen LogP contribution in [0.15, 0.2) is 54.7 Å². The van der Waals surface area contributed by atoms with Crippen molar-refractivity contribution in [1.82, 2.24) is 20.1 Å². The minimum Gasteiger partial charge on any atom is -0.477 e. The predicted octanol–water partition coefficient (Wildman–Crippen LogP) is 3.29. The summed E-state index contributed by atoms with van der Waals surface area (Å²) in [5.41, 5.74) is 6.74. The first-order chi connectivity index (χ1) is 19.6. The van der Waals surface area contributed by atoms with Crippen LogP contribution in [0.1, 0.15) is 49.4 Å². The number of nitrogens with one attached hydrogen (secondary N) is 1. The molecule has 0 aliphatic carbocycles. The molecule has 0 saturated carbocycles. The highest BCUT2D eigenvalue weighted by molar-refractivity contribution is 5.94. The molecule has 13 heteroatoms. The van der Waals surface area contributed by atoms with Crippen LogP contribution in [0.4, 0.5) is 13.2 Å². The van der Waals surface area contributed by atoms with E-state index in [0.717, 1.165) is 22.9 Å². The number of rotatable bonds is 9. The van der Waals surface area contributed by atoms with Gasteiger partial charge >= 0.3 is 5.97 Å². The van der Waals surface area contributed by atoms with E-state index in [9.17, 15) is 32.7 Å². The molecule has 1 aliphatic heterocycles. The topological polar surface area (TPSA) is 149 Å². The van der Waals surface area contributed by atoms with Gasteiger partial charge in [-0.15, -0.1) is 0 Å². The number of nitrogens with two attached hydrogens (primary N) is 1. The van der Waals surface area contributed by atoms with Gasteiger partial charge < -0.3 is 20.9 Å². The largest absolute Gasteiger partial charge is 0.477 e. The summed E-state index contributed by atoms with van der Waals surface area (Å²) >= 11 is 0. The Morgan fingerprint density at radius 1 is 1.07 bits per heavy atom. The fraction of sp³-hybridized carbons (Fsp3) is 0.179. The van der Waals surface area contributed by atoms with Gasteiger partial charge in [0.05, 0.1) is 36.2 Å². The number of nitrogens with zero attached hydrogens (tertiary/aromatic N) is 3. The third-order valence-electron chi connectivity index (χ3n) is 6.52. The Morgan fingerprint density at radius 3 is 2.54 bits per heavy atom. The lowest BCUT2D eigenvalue weighted by atomic mass is 9.94. The first-order valence-corrected chi connectivity index (χ1v) is 12.3. The van der Waals surface area contributed by atoms with Gasteiger partial charge in [-0.3, -0.25) is 14.6 Å². The lowest BCUT2D eigenvalue weighted by molar-refractivity contribution is -0.122. The maximum atomic E-state index is 14.2. The number of carbonyl (C=O) groups excluding carboxylic acids is 2. The van der Waals surface area contributed by atoms with Crippen molar-refractivity contribution in [2.24, 2.45) is 5.73 Å². The number of hydrogen-bond donors (Lipinski definition) is 3. The summed E-state index contributed by atoms with van der Waals surface area (Å²) in [6.07, 6.45) is 1.31. The molecule has 4 aromatic rings. The SMILES string of the molecule is NC(=O)c1cc(-c2cccnc2C(Cc2cc(F)cc(F)c2)NC(=O)Cn2nc3c(c2C(=O)O)COC3)ccc1F. The number of hydrogen-bond acceptors (Lipinski definition) is 6. The normalized spacial score (nSPS) is 13.0. The molecule has 0 saturated heterocycles. The number of amides is 2. The Labute approximate surface area is 230 Å². The quantitative estimate of drug-likeness (QED) is 0.282. The summed E-state index contributed by atoms with van der Waals surface area (Å²) in [5, 5.41) is 16.6. The number of benzene rings is 2. The molecule has 3 heterocycles. The maximum Gasteiger partial charge on any atom is 0.354 e. The molecular weight excluding hydrogens is 543 g/mol. The number of aromatic nitrogens is 3. The summed E-state index contributed by atoms with van der Waals surface area (Å²) in [4.78, 5) is 41.3. The van der Waals surface area contributed by atoms with Crippen LogP contribution in [0.3, 0.4) is 0 Å². The zero-order valence-corrected chi connectivity index (χ0v) is 21.2. The zero-order chi connectivity index (χ0) is 29.3. The lowest BCUT2D eigenvalue weighted by Crippen LogP contribution is -2.34. The van der Waals surface area contributed by atoms with E-state index in [-0.39, 0.29) is 42.1 Å². The molecule has 1 aliphatic rings. The van der Waals surface area contributed by atoms with Crippen LogP contribution in [-0.2, 0) is 35.7 Å². The van der Waals surface area contributed by atoms with Crippen LogP contribution in [0, 0.1) is 17.5 Å². The van der Waals surface area contributed by atoms with Crippen LogP contribution in [0.5, 0.6) is 0 Å². The standard InChI is InChI=1S/C28H22F3N5O5/c29-16-6-14(7-17(30)10-16)8-22(34-24(37)11-36-26(28(39)40)20-12-41-13-23(20)35-36)25-18(2-1-5-33-25)15-3-4-21(31)19(9-15)27(32)38/h1-7,9-10,22H,8,11-13H2,(H2,32,38)(H,34,37)(H,39,40). The number of carbonyl (C=O) groups is 3. The number of carboxylic acid groups (broad SMARTS) is 1. The van der Waals surface area contributed by atoms with Crippen molar-refractivity contribution < 1.29 is 37.4 Å². The Kier molecular flexibility index (Phi) is 7.53. The Balaban J connectivity index is 1.53. The van der Waals surface area contributed by atoms with Crippen LogP contribution in [0.25, 0.3) is 11.1 Å². The first-order valence-electron chi connectivity index (χ1n) is 12.3. The Morgan fingerprint density at radius 2 is 1.83 bits per heavy atom. The van der Waals surface area contributed by atoms with E-state index in [1.54, 1.807) is 12.1 Å². The first kappa shape index (κ1) is 27.5. The minimum atomic E-state index is -1.28. The predicted molar refractivity (Wildman–Crippen MR) is 137 cm³/mol. The van der Waals surface area contributed by atoms with Gasteiger partial charge in [-0.1, -0.05) is 12.1 Å². The number of fused-ring (bicyclic) bond motifs is 1. The highest BCUT2D eigenvalue weighted by Crippen LogP contribution is 2.30. The van der Waals surface area contributed by atoms with E-state index in [1.165, 1.54) is 18.3 Å². The number of pyridine rings is 1. The van der Waals surface area contributed by atoms with Crippen LogP contribution < -0.4 is 11.1 Å². The van der Waals surface area contributed by atoms with Gasteiger partial charge in [0.25, 0.3) is 5.91 Å². The second kappa shape index (κ2) is 11.2. The van der Waals surface area contributed by atoms with Gasteiger partial charge in [-0.05, 0) is 47.9 Å². The van der Waals surface area contributed by atoms with Gasteiger partial charge in [-0.2, -0.15) is 5.10 Å². The number of primary amides is 1. The fourth-order valence-corrected chi connectivity index (χ4v) is 4.80.